The fraction of sp³-hybridized carbons (Fsp3) is 0.133. The third-order valence-corrected chi connectivity index (χ3v) is 3.55. The van der Waals surface area contributed by atoms with Crippen LogP contribution in [0.15, 0.2) is 58.2 Å². The summed E-state index contributed by atoms with van der Waals surface area (Å²) >= 11 is 3.43. The zero-order valence-corrected chi connectivity index (χ0v) is 12.7. The Morgan fingerprint density at radius 1 is 1.25 bits per heavy atom. The molecule has 0 heterocycles. The van der Waals surface area contributed by atoms with Crippen molar-refractivity contribution < 1.29 is 5.21 Å². The summed E-state index contributed by atoms with van der Waals surface area (Å²) in [7, 11) is 2.01. The van der Waals surface area contributed by atoms with Gasteiger partial charge in [-0.05, 0) is 29.8 Å². The van der Waals surface area contributed by atoms with Crippen LogP contribution in [0.3, 0.4) is 0 Å². The van der Waals surface area contributed by atoms with Gasteiger partial charge >= 0.3 is 0 Å². The first-order chi connectivity index (χ1) is 9.60. The van der Waals surface area contributed by atoms with Gasteiger partial charge in [0.15, 0.2) is 5.84 Å². The van der Waals surface area contributed by atoms with E-state index in [4.69, 9.17) is 10.9 Å². The van der Waals surface area contributed by atoms with Crippen LogP contribution in [0.4, 0.5) is 5.69 Å². The van der Waals surface area contributed by atoms with E-state index in [1.165, 1.54) is 5.56 Å². The van der Waals surface area contributed by atoms with E-state index in [0.717, 1.165) is 16.7 Å². The minimum atomic E-state index is 0.115. The Morgan fingerprint density at radius 3 is 2.60 bits per heavy atom. The Labute approximate surface area is 126 Å². The molecule has 104 valence electrons. The number of oxime groups is 1. The maximum absolute atomic E-state index is 8.72. The van der Waals surface area contributed by atoms with Crippen LogP contribution in [0.1, 0.15) is 11.1 Å². The Kier molecular flexibility index (Phi) is 4.63. The first kappa shape index (κ1) is 14.4. The lowest BCUT2D eigenvalue weighted by Gasteiger charge is -2.20. The van der Waals surface area contributed by atoms with Gasteiger partial charge in [0, 0.05) is 29.3 Å². The van der Waals surface area contributed by atoms with Gasteiger partial charge in [0.1, 0.15) is 0 Å². The highest BCUT2D eigenvalue weighted by Gasteiger charge is 2.05. The van der Waals surface area contributed by atoms with E-state index in [0.29, 0.717) is 5.56 Å². The predicted molar refractivity (Wildman–Crippen MR) is 85.2 cm³/mol. The van der Waals surface area contributed by atoms with Crippen molar-refractivity contribution in [2.45, 2.75) is 6.54 Å². The van der Waals surface area contributed by atoms with Crippen molar-refractivity contribution in [3.63, 3.8) is 0 Å². The number of halogens is 1. The van der Waals surface area contributed by atoms with Gasteiger partial charge in [-0.25, -0.2) is 0 Å². The topological polar surface area (TPSA) is 61.8 Å². The summed E-state index contributed by atoms with van der Waals surface area (Å²) in [5.74, 6) is 0.115. The summed E-state index contributed by atoms with van der Waals surface area (Å²) < 4.78 is 1.07. The van der Waals surface area contributed by atoms with E-state index in [9.17, 15) is 0 Å². The second-order valence-corrected chi connectivity index (χ2v) is 5.43. The second kappa shape index (κ2) is 6.43. The van der Waals surface area contributed by atoms with Gasteiger partial charge < -0.3 is 15.8 Å². The van der Waals surface area contributed by atoms with Crippen molar-refractivity contribution in [1.29, 1.82) is 0 Å². The van der Waals surface area contributed by atoms with E-state index < -0.39 is 0 Å². The van der Waals surface area contributed by atoms with Crippen LogP contribution in [0.2, 0.25) is 0 Å². The summed E-state index contributed by atoms with van der Waals surface area (Å²) in [5, 5.41) is 11.7. The van der Waals surface area contributed by atoms with Crippen molar-refractivity contribution in [2.75, 3.05) is 11.9 Å². The van der Waals surface area contributed by atoms with Crippen molar-refractivity contribution >= 4 is 27.5 Å². The molecule has 0 spiro atoms. The molecule has 0 amide bonds. The number of benzene rings is 2. The second-order valence-electron chi connectivity index (χ2n) is 4.52. The molecule has 2 aromatic carbocycles. The van der Waals surface area contributed by atoms with Gasteiger partial charge in [0.05, 0.1) is 0 Å². The number of hydrogen-bond acceptors (Lipinski definition) is 3. The van der Waals surface area contributed by atoms with Crippen LogP contribution >= 0.6 is 15.9 Å². The zero-order chi connectivity index (χ0) is 14.5. The molecule has 0 bridgehead atoms. The number of rotatable bonds is 4. The van der Waals surface area contributed by atoms with Gasteiger partial charge in [-0.2, -0.15) is 0 Å². The van der Waals surface area contributed by atoms with Gasteiger partial charge in [-0.1, -0.05) is 45.4 Å². The minimum Gasteiger partial charge on any atom is -0.409 e. The third-order valence-electron chi connectivity index (χ3n) is 3.02. The number of nitrogens with zero attached hydrogens (tertiary/aromatic N) is 2. The maximum Gasteiger partial charge on any atom is 0.170 e. The fourth-order valence-corrected chi connectivity index (χ4v) is 2.18. The van der Waals surface area contributed by atoms with E-state index >= 15 is 0 Å². The number of amidine groups is 1. The Balaban J connectivity index is 2.16. The lowest BCUT2D eigenvalue weighted by molar-refractivity contribution is 0.318. The molecule has 0 saturated heterocycles. The molecule has 0 aliphatic heterocycles. The highest BCUT2D eigenvalue weighted by Crippen LogP contribution is 2.18. The zero-order valence-electron chi connectivity index (χ0n) is 11.1. The summed E-state index contributed by atoms with van der Waals surface area (Å²) in [6.07, 6.45) is 0. The molecule has 0 aromatic heterocycles. The monoisotopic (exact) mass is 333 g/mol. The molecule has 0 saturated carbocycles. The standard InChI is InChI=1S/C15H16BrN3O/c1-19(10-11-5-7-13(16)8-6-11)14-4-2-3-12(9-14)15(17)18-20/h2-9,20H,10H2,1H3,(H2,17,18). The molecule has 5 heteroatoms. The van der Waals surface area contributed by atoms with E-state index in [1.807, 2.05) is 43.4 Å². The van der Waals surface area contributed by atoms with Gasteiger partial charge in [-0.3, -0.25) is 0 Å². The average Bonchev–Trinajstić information content (AvgIpc) is 2.49. The largest absolute Gasteiger partial charge is 0.409 e. The highest BCUT2D eigenvalue weighted by molar-refractivity contribution is 9.10. The van der Waals surface area contributed by atoms with Crippen LogP contribution < -0.4 is 10.6 Å². The Morgan fingerprint density at radius 2 is 1.95 bits per heavy atom. The number of anilines is 1. The molecular formula is C15H16BrN3O. The lowest BCUT2D eigenvalue weighted by atomic mass is 10.1. The van der Waals surface area contributed by atoms with Crippen LogP contribution in [0, 0.1) is 0 Å². The predicted octanol–water partition coefficient (Wildman–Crippen LogP) is 3.18. The van der Waals surface area contributed by atoms with Crippen molar-refractivity contribution in [3.8, 4) is 0 Å². The van der Waals surface area contributed by atoms with Crippen molar-refractivity contribution in [3.05, 3.63) is 64.1 Å². The molecular weight excluding hydrogens is 318 g/mol. The maximum atomic E-state index is 8.72. The first-order valence-corrected chi connectivity index (χ1v) is 6.93. The SMILES string of the molecule is CN(Cc1ccc(Br)cc1)c1cccc(C(N)=NO)c1. The summed E-state index contributed by atoms with van der Waals surface area (Å²) in [6, 6.07) is 15.8. The molecule has 0 atom stereocenters. The van der Waals surface area contributed by atoms with Crippen molar-refractivity contribution in [2.24, 2.45) is 10.9 Å². The van der Waals surface area contributed by atoms with E-state index in [1.54, 1.807) is 0 Å². The minimum absolute atomic E-state index is 0.115. The van der Waals surface area contributed by atoms with Crippen molar-refractivity contribution in [1.82, 2.24) is 0 Å². The molecule has 4 nitrogen and oxygen atoms in total. The van der Waals surface area contributed by atoms with Crippen LogP contribution in [0.25, 0.3) is 0 Å². The van der Waals surface area contributed by atoms with Gasteiger partial charge in [0.2, 0.25) is 0 Å². The lowest BCUT2D eigenvalue weighted by Crippen LogP contribution is -2.18. The first-order valence-electron chi connectivity index (χ1n) is 6.13. The third kappa shape index (κ3) is 3.51. The van der Waals surface area contributed by atoms with E-state index in [-0.39, 0.29) is 5.84 Å². The Bertz CT molecular complexity index is 611. The fourth-order valence-electron chi connectivity index (χ4n) is 1.92. The van der Waals surface area contributed by atoms with Crippen LogP contribution in [-0.4, -0.2) is 18.1 Å². The molecule has 0 aliphatic rings. The summed E-state index contributed by atoms with van der Waals surface area (Å²) in [4.78, 5) is 2.11. The number of hydrogen-bond donors (Lipinski definition) is 2. The molecule has 0 fully saturated rings. The molecule has 0 radical (unpaired) electrons. The quantitative estimate of drug-likeness (QED) is 0.391. The molecule has 2 aromatic rings. The van der Waals surface area contributed by atoms with Gasteiger partial charge in [-0.15, -0.1) is 0 Å². The molecule has 2 rings (SSSR count). The molecule has 3 N–H and O–H groups in total. The van der Waals surface area contributed by atoms with E-state index in [2.05, 4.69) is 38.1 Å². The Hall–Kier alpha value is -2.01. The average molecular weight is 334 g/mol. The molecule has 20 heavy (non-hydrogen) atoms. The molecule has 0 unspecified atom stereocenters. The number of nitrogens with two attached hydrogens (primary N) is 1. The van der Waals surface area contributed by atoms with Gasteiger partial charge in [0.25, 0.3) is 0 Å². The summed E-state index contributed by atoms with van der Waals surface area (Å²) in [6.45, 7) is 0.785. The smallest absolute Gasteiger partial charge is 0.170 e. The normalized spacial score (nSPS) is 11.4. The van der Waals surface area contributed by atoms with Crippen LogP contribution in [0.5, 0.6) is 0 Å². The molecule has 0 aliphatic carbocycles. The summed E-state index contributed by atoms with van der Waals surface area (Å²) in [5.41, 5.74) is 8.53. The highest BCUT2D eigenvalue weighted by atomic mass is 79.9. The van der Waals surface area contributed by atoms with Crippen LogP contribution in [-0.2, 0) is 6.54 Å².